The largest absolute Gasteiger partial charge is 0.481 e. The molecule has 21 heteroatoms. The minimum Gasteiger partial charge on any atom is -0.481 e. The summed E-state index contributed by atoms with van der Waals surface area (Å²) < 4.78 is 53.6. The lowest BCUT2D eigenvalue weighted by Gasteiger charge is -2.41. The quantitative estimate of drug-likeness (QED) is 0.0437. The molecule has 2 aromatic carbocycles. The van der Waals surface area contributed by atoms with Crippen LogP contribution in [0.5, 0.6) is 0 Å². The molecule has 1 aromatic heterocycles. The zero-order valence-electron chi connectivity index (χ0n) is 41.8. The van der Waals surface area contributed by atoms with Crippen molar-refractivity contribution in [2.75, 3.05) is 96.3 Å². The summed E-state index contributed by atoms with van der Waals surface area (Å²) in [5.74, 6) is -2.38. The number of hydrogen-bond acceptors (Lipinski definition) is 13. The number of rotatable bonds is 36. The van der Waals surface area contributed by atoms with Crippen molar-refractivity contribution in [1.29, 1.82) is 0 Å². The van der Waals surface area contributed by atoms with Crippen LogP contribution in [0.3, 0.4) is 0 Å². The first kappa shape index (κ1) is 60.7. The second-order valence-corrected chi connectivity index (χ2v) is 20.3. The highest BCUT2D eigenvalue weighted by Crippen LogP contribution is 2.41. The van der Waals surface area contributed by atoms with Crippen molar-refractivity contribution < 1.29 is 56.8 Å². The lowest BCUT2D eigenvalue weighted by molar-refractivity contribution is -0.138. The van der Waals surface area contributed by atoms with E-state index in [9.17, 15) is 28.4 Å². The number of carboxylic acid groups (broad SMARTS) is 1. The highest BCUT2D eigenvalue weighted by Gasteiger charge is 2.37. The van der Waals surface area contributed by atoms with Gasteiger partial charge in [0.05, 0.1) is 82.9 Å². The summed E-state index contributed by atoms with van der Waals surface area (Å²) >= 11 is 2.56. The normalized spacial score (nSPS) is 13.3. The van der Waals surface area contributed by atoms with Crippen LogP contribution in [-0.2, 0) is 49.5 Å². The number of halogens is 2. The van der Waals surface area contributed by atoms with E-state index in [2.05, 4.69) is 36.7 Å². The van der Waals surface area contributed by atoms with Crippen molar-refractivity contribution in [2.45, 2.75) is 83.8 Å². The van der Waals surface area contributed by atoms with Gasteiger partial charge in [-0.2, -0.15) is 0 Å². The lowest BCUT2D eigenvalue weighted by atomic mass is 9.83. The van der Waals surface area contributed by atoms with Gasteiger partial charge in [0, 0.05) is 72.7 Å². The predicted octanol–water partition coefficient (Wildman–Crippen LogP) is 4.60. The Morgan fingerprint density at radius 3 is 2.11 bits per heavy atom. The van der Waals surface area contributed by atoms with E-state index in [0.717, 1.165) is 35.2 Å². The van der Waals surface area contributed by atoms with Gasteiger partial charge in [-0.15, -0.1) is 23.5 Å². The summed E-state index contributed by atoms with van der Waals surface area (Å²) in [5, 5.41) is 16.3. The number of nitrogens with two attached hydrogens (primary N) is 2. The number of aromatic nitrogens is 1. The van der Waals surface area contributed by atoms with E-state index < -0.39 is 46.1 Å². The monoisotopic (exact) mass is 1040 g/mol. The molecule has 0 radical (unpaired) electrons. The van der Waals surface area contributed by atoms with Crippen LogP contribution in [0.1, 0.15) is 71.2 Å². The summed E-state index contributed by atoms with van der Waals surface area (Å²) in [4.78, 5) is 64.2. The number of carbonyl (C=O) groups is 5. The van der Waals surface area contributed by atoms with Gasteiger partial charge in [0.2, 0.25) is 23.6 Å². The average Bonchev–Trinajstić information content (AvgIpc) is 3.71. The van der Waals surface area contributed by atoms with Gasteiger partial charge in [0.1, 0.15) is 11.6 Å². The number of hydrogen-bond donors (Lipinski definition) is 6. The first-order valence-corrected chi connectivity index (χ1v) is 26.1. The van der Waals surface area contributed by atoms with Crippen molar-refractivity contribution in [3.8, 4) is 11.1 Å². The maximum atomic E-state index is 15.1. The Balaban J connectivity index is 1.32. The Morgan fingerprint density at radius 1 is 0.845 bits per heavy atom. The molecule has 0 spiro atoms. The molecule has 4 atom stereocenters. The third-order valence-electron chi connectivity index (χ3n) is 10.5. The van der Waals surface area contributed by atoms with Crippen LogP contribution in [0.4, 0.5) is 8.78 Å². The van der Waals surface area contributed by atoms with Crippen LogP contribution in [0.15, 0.2) is 60.8 Å². The molecule has 0 bridgehead atoms. The van der Waals surface area contributed by atoms with E-state index in [1.807, 2.05) is 59.0 Å². The molecule has 396 valence electrons. The molecule has 0 saturated heterocycles. The molecule has 0 aliphatic rings. The Bertz CT molecular complexity index is 2080. The van der Waals surface area contributed by atoms with Gasteiger partial charge < -0.3 is 60.9 Å². The SMILES string of the molecule is C[C@H](CSCC(=O)N(CCCN)[C@@H](c1cc(-c2cc(F)ccc2F)cn1Cc1ccccc1)C(C)(C)C)NC(=O)CCOCCOCCOCCOCCNC(=O)CNC(=O)C(CC(=O)O)SC[C@@H](C)N. The zero-order valence-corrected chi connectivity index (χ0v) is 43.4. The van der Waals surface area contributed by atoms with Crippen LogP contribution in [-0.4, -0.2) is 158 Å². The van der Waals surface area contributed by atoms with Crippen LogP contribution in [0.25, 0.3) is 11.1 Å². The van der Waals surface area contributed by atoms with Crippen molar-refractivity contribution >= 4 is 53.1 Å². The van der Waals surface area contributed by atoms with E-state index >= 15 is 4.39 Å². The minimum atomic E-state index is -1.12. The number of thioether (sulfide) groups is 2. The molecule has 71 heavy (non-hydrogen) atoms. The second kappa shape index (κ2) is 33.2. The number of nitrogens with one attached hydrogen (secondary N) is 3. The summed E-state index contributed by atoms with van der Waals surface area (Å²) in [5.41, 5.74) is 13.7. The number of amides is 4. The number of aliphatic carboxylic acids is 1. The maximum absolute atomic E-state index is 15.1. The number of benzene rings is 2. The van der Waals surface area contributed by atoms with Gasteiger partial charge in [0.25, 0.3) is 0 Å². The van der Waals surface area contributed by atoms with Crippen LogP contribution < -0.4 is 27.4 Å². The molecule has 0 fully saturated rings. The van der Waals surface area contributed by atoms with E-state index in [4.69, 9.17) is 35.5 Å². The van der Waals surface area contributed by atoms with Crippen molar-refractivity contribution in [1.82, 2.24) is 25.4 Å². The first-order valence-electron chi connectivity index (χ1n) is 23.9. The first-order chi connectivity index (χ1) is 33.9. The highest BCUT2D eigenvalue weighted by molar-refractivity contribution is 8.00. The molecule has 0 aliphatic heterocycles. The minimum absolute atomic E-state index is 0.0950. The fourth-order valence-corrected chi connectivity index (χ4v) is 9.18. The van der Waals surface area contributed by atoms with Gasteiger partial charge in [-0.1, -0.05) is 51.1 Å². The Kier molecular flexibility index (Phi) is 28.4. The topological polar surface area (TPSA) is 239 Å². The Hall–Kier alpha value is -4.61. The molecular formula is C50H75F2N7O10S2. The van der Waals surface area contributed by atoms with Gasteiger partial charge in [0.15, 0.2) is 0 Å². The van der Waals surface area contributed by atoms with Crippen LogP contribution >= 0.6 is 23.5 Å². The average molecular weight is 1040 g/mol. The summed E-state index contributed by atoms with van der Waals surface area (Å²) in [6.07, 6.45) is 2.18. The molecule has 3 aromatic rings. The standard InChI is InChI=1S/C50H75F2N7O10S2/c1-35(54)32-71-43(28-47(63)64)49(65)56-29-45(61)55-16-19-67-21-23-69-25-24-68-22-20-66-18-14-44(60)57-36(2)33-70-34-46(62)59(17-9-15-53)48(50(3,4)5)42-26-38(40-27-39(51)12-13-41(40)52)31-58(42)30-37-10-7-6-8-11-37/h6-8,10-13,26-27,31,35-36,43,48H,9,14-25,28-30,32-34,53-54H2,1-5H3,(H,55,61)(H,56,65)(H,57,60)(H,63,64)/t35-,36-,43?,48+/m1/s1. The third kappa shape index (κ3) is 24.1. The van der Waals surface area contributed by atoms with Crippen LogP contribution in [0.2, 0.25) is 0 Å². The van der Waals surface area contributed by atoms with Gasteiger partial charge in [-0.05, 0) is 62.1 Å². The number of carboxylic acids is 1. The van der Waals surface area contributed by atoms with Gasteiger partial charge in [-0.3, -0.25) is 24.0 Å². The Labute approximate surface area is 425 Å². The van der Waals surface area contributed by atoms with E-state index in [-0.39, 0.29) is 74.4 Å². The molecule has 1 unspecified atom stereocenters. The number of nitrogens with zero attached hydrogens (tertiary/aromatic N) is 2. The van der Waals surface area contributed by atoms with Crippen molar-refractivity contribution in [3.63, 3.8) is 0 Å². The van der Waals surface area contributed by atoms with Crippen molar-refractivity contribution in [3.05, 3.63) is 83.7 Å². The zero-order chi connectivity index (χ0) is 52.2. The maximum Gasteiger partial charge on any atom is 0.305 e. The molecule has 0 saturated carbocycles. The van der Waals surface area contributed by atoms with E-state index in [1.165, 1.54) is 17.8 Å². The lowest BCUT2D eigenvalue weighted by Crippen LogP contribution is -2.44. The predicted molar refractivity (Wildman–Crippen MR) is 274 cm³/mol. The molecule has 8 N–H and O–H groups in total. The fraction of sp³-hybridized carbons (Fsp3) is 0.580. The smallest absolute Gasteiger partial charge is 0.305 e. The highest BCUT2D eigenvalue weighted by atomic mass is 32.2. The molecule has 3 rings (SSSR count). The van der Waals surface area contributed by atoms with Crippen molar-refractivity contribution in [2.24, 2.45) is 16.9 Å². The molecule has 1 heterocycles. The van der Waals surface area contributed by atoms with Gasteiger partial charge >= 0.3 is 5.97 Å². The van der Waals surface area contributed by atoms with Gasteiger partial charge in [-0.25, -0.2) is 8.78 Å². The summed E-state index contributed by atoms with van der Waals surface area (Å²) in [7, 11) is 0. The molecule has 4 amide bonds. The summed E-state index contributed by atoms with van der Waals surface area (Å²) in [6, 6.07) is 14.2. The number of carbonyl (C=O) groups excluding carboxylic acids is 4. The van der Waals surface area contributed by atoms with E-state index in [1.54, 1.807) is 6.92 Å². The molecular weight excluding hydrogens is 961 g/mol. The van der Waals surface area contributed by atoms with Crippen LogP contribution in [0, 0.1) is 17.0 Å². The van der Waals surface area contributed by atoms with E-state index in [0.29, 0.717) is 82.8 Å². The summed E-state index contributed by atoms with van der Waals surface area (Å²) in [6.45, 7) is 13.3. The molecule has 0 aliphatic carbocycles. The molecule has 17 nitrogen and oxygen atoms in total. The number of ether oxygens (including phenoxy) is 4. The fourth-order valence-electron chi connectivity index (χ4n) is 7.25. The third-order valence-corrected chi connectivity index (χ3v) is 13.2. The Morgan fingerprint density at radius 2 is 1.49 bits per heavy atom. The second-order valence-electron chi connectivity index (χ2n) is 18.0.